The first-order chi connectivity index (χ1) is 12.1. The molecule has 5 nitrogen and oxygen atoms in total. The number of piperazine rings is 1. The lowest BCUT2D eigenvalue weighted by Crippen LogP contribution is -2.49. The van der Waals surface area contributed by atoms with Gasteiger partial charge in [-0.2, -0.15) is 0 Å². The first-order valence-corrected chi connectivity index (χ1v) is 9.95. The van der Waals surface area contributed by atoms with Gasteiger partial charge >= 0.3 is 0 Å². The normalized spacial score (nSPS) is 17.5. The van der Waals surface area contributed by atoms with Crippen LogP contribution in [-0.4, -0.2) is 47.0 Å². The van der Waals surface area contributed by atoms with Gasteiger partial charge in [0.1, 0.15) is 5.82 Å². The number of hydrogen-bond acceptors (Lipinski definition) is 5. The molecule has 0 unspecified atom stereocenters. The van der Waals surface area contributed by atoms with Gasteiger partial charge in [0.25, 0.3) is 5.91 Å². The molecule has 0 spiro atoms. The van der Waals surface area contributed by atoms with Gasteiger partial charge in [-0.3, -0.25) is 9.78 Å². The highest BCUT2D eigenvalue weighted by molar-refractivity contribution is 7.12. The molecule has 1 amide bonds. The summed E-state index contributed by atoms with van der Waals surface area (Å²) in [4.78, 5) is 27.3. The smallest absolute Gasteiger partial charge is 0.264 e. The SMILES string of the molecule is Cc1cnc(C)c(N2CCN(C(=O)c3scc4c3CCCC4)CC2)n1. The Balaban J connectivity index is 1.46. The average molecular weight is 356 g/mol. The van der Waals surface area contributed by atoms with E-state index in [2.05, 4.69) is 20.2 Å². The Kier molecular flexibility index (Phi) is 4.46. The van der Waals surface area contributed by atoms with Gasteiger partial charge in [0, 0.05) is 32.4 Å². The summed E-state index contributed by atoms with van der Waals surface area (Å²) in [6, 6.07) is 0. The standard InChI is InChI=1S/C19H24N4OS/c1-13-11-20-14(2)18(21-13)22-7-9-23(10-8-22)19(24)17-16-6-4-3-5-15(16)12-25-17/h11-12H,3-10H2,1-2H3. The topological polar surface area (TPSA) is 49.3 Å². The molecule has 2 aromatic heterocycles. The van der Waals surface area contributed by atoms with Crippen molar-refractivity contribution >= 4 is 23.1 Å². The first-order valence-electron chi connectivity index (χ1n) is 9.07. The van der Waals surface area contributed by atoms with E-state index in [-0.39, 0.29) is 5.91 Å². The fourth-order valence-corrected chi connectivity index (χ4v) is 4.91. The summed E-state index contributed by atoms with van der Waals surface area (Å²) < 4.78 is 0. The first kappa shape index (κ1) is 16.5. The van der Waals surface area contributed by atoms with E-state index in [0.717, 1.165) is 61.1 Å². The lowest BCUT2D eigenvalue weighted by atomic mass is 9.93. The van der Waals surface area contributed by atoms with Gasteiger partial charge in [-0.25, -0.2) is 4.98 Å². The Morgan fingerprint density at radius 2 is 1.88 bits per heavy atom. The van der Waals surface area contributed by atoms with E-state index in [1.165, 1.54) is 24.0 Å². The third kappa shape index (κ3) is 3.15. The molecule has 0 N–H and O–H groups in total. The van der Waals surface area contributed by atoms with Crippen LogP contribution in [-0.2, 0) is 12.8 Å². The minimum absolute atomic E-state index is 0.222. The van der Waals surface area contributed by atoms with E-state index in [1.54, 1.807) is 17.5 Å². The highest BCUT2D eigenvalue weighted by Crippen LogP contribution is 2.31. The molecule has 3 heterocycles. The van der Waals surface area contributed by atoms with Gasteiger partial charge in [0.15, 0.2) is 0 Å². The van der Waals surface area contributed by atoms with Crippen LogP contribution in [0.2, 0.25) is 0 Å². The van der Waals surface area contributed by atoms with Gasteiger partial charge in [-0.15, -0.1) is 11.3 Å². The Morgan fingerprint density at radius 3 is 2.68 bits per heavy atom. The second kappa shape index (κ2) is 6.75. The number of nitrogens with zero attached hydrogens (tertiary/aromatic N) is 4. The van der Waals surface area contributed by atoms with Crippen molar-refractivity contribution in [2.24, 2.45) is 0 Å². The van der Waals surface area contributed by atoms with Gasteiger partial charge in [0.05, 0.1) is 16.3 Å². The monoisotopic (exact) mass is 356 g/mol. The number of thiophene rings is 1. The number of aryl methyl sites for hydroxylation is 3. The number of fused-ring (bicyclic) bond motifs is 1. The molecule has 2 aromatic rings. The van der Waals surface area contributed by atoms with Crippen LogP contribution in [0.25, 0.3) is 0 Å². The van der Waals surface area contributed by atoms with Crippen molar-refractivity contribution in [3.8, 4) is 0 Å². The molecule has 0 bridgehead atoms. The predicted molar refractivity (Wildman–Crippen MR) is 101 cm³/mol. The van der Waals surface area contributed by atoms with Crippen LogP contribution in [0.3, 0.4) is 0 Å². The summed E-state index contributed by atoms with van der Waals surface area (Å²) in [7, 11) is 0. The molecule has 4 rings (SSSR count). The van der Waals surface area contributed by atoms with Crippen LogP contribution in [0.4, 0.5) is 5.82 Å². The van der Waals surface area contributed by atoms with Crippen LogP contribution < -0.4 is 4.90 Å². The van der Waals surface area contributed by atoms with Crippen LogP contribution in [0.1, 0.15) is 45.0 Å². The van der Waals surface area contributed by atoms with Crippen molar-refractivity contribution in [1.82, 2.24) is 14.9 Å². The van der Waals surface area contributed by atoms with Crippen LogP contribution in [0.5, 0.6) is 0 Å². The number of aromatic nitrogens is 2. The summed E-state index contributed by atoms with van der Waals surface area (Å²) in [6.45, 7) is 7.10. The van der Waals surface area contributed by atoms with Crippen LogP contribution in [0.15, 0.2) is 11.6 Å². The zero-order valence-electron chi connectivity index (χ0n) is 14.9. The van der Waals surface area contributed by atoms with Crippen LogP contribution >= 0.6 is 11.3 Å². The molecular weight excluding hydrogens is 332 g/mol. The molecule has 6 heteroatoms. The quantitative estimate of drug-likeness (QED) is 0.830. The van der Waals surface area contributed by atoms with Crippen molar-refractivity contribution < 1.29 is 4.79 Å². The van der Waals surface area contributed by atoms with Crippen molar-refractivity contribution in [3.63, 3.8) is 0 Å². The van der Waals surface area contributed by atoms with E-state index in [4.69, 9.17) is 0 Å². The number of anilines is 1. The Labute approximate surface area is 152 Å². The summed E-state index contributed by atoms with van der Waals surface area (Å²) in [5.41, 5.74) is 4.62. The molecule has 0 saturated carbocycles. The minimum atomic E-state index is 0.222. The van der Waals surface area contributed by atoms with Gasteiger partial charge < -0.3 is 9.80 Å². The molecule has 2 aliphatic rings. The van der Waals surface area contributed by atoms with E-state index in [1.807, 2.05) is 18.7 Å². The molecule has 1 saturated heterocycles. The Bertz CT molecular complexity index is 793. The lowest BCUT2D eigenvalue weighted by Gasteiger charge is -2.36. The summed E-state index contributed by atoms with van der Waals surface area (Å²) in [6.07, 6.45) is 6.48. The molecule has 1 fully saturated rings. The summed E-state index contributed by atoms with van der Waals surface area (Å²) >= 11 is 1.64. The van der Waals surface area contributed by atoms with Crippen molar-refractivity contribution in [1.29, 1.82) is 0 Å². The third-order valence-corrected chi connectivity index (χ3v) is 6.27. The molecule has 1 aliphatic carbocycles. The van der Waals surface area contributed by atoms with E-state index < -0.39 is 0 Å². The zero-order chi connectivity index (χ0) is 17.4. The molecule has 0 radical (unpaired) electrons. The van der Waals surface area contributed by atoms with E-state index in [9.17, 15) is 4.79 Å². The summed E-state index contributed by atoms with van der Waals surface area (Å²) in [5.74, 6) is 1.18. The predicted octanol–water partition coefficient (Wildman–Crippen LogP) is 3.00. The zero-order valence-corrected chi connectivity index (χ0v) is 15.7. The molecule has 1 aliphatic heterocycles. The largest absolute Gasteiger partial charge is 0.352 e. The van der Waals surface area contributed by atoms with Crippen molar-refractivity contribution in [3.05, 3.63) is 39.0 Å². The maximum atomic E-state index is 13.0. The number of carbonyl (C=O) groups excluding carboxylic acids is 1. The van der Waals surface area contributed by atoms with Crippen molar-refractivity contribution in [2.45, 2.75) is 39.5 Å². The molecule has 0 atom stereocenters. The number of rotatable bonds is 2. The number of carbonyl (C=O) groups is 1. The highest BCUT2D eigenvalue weighted by Gasteiger charge is 2.27. The summed E-state index contributed by atoms with van der Waals surface area (Å²) in [5, 5.41) is 2.20. The lowest BCUT2D eigenvalue weighted by molar-refractivity contribution is 0.0750. The Morgan fingerprint density at radius 1 is 1.12 bits per heavy atom. The molecule has 132 valence electrons. The van der Waals surface area contributed by atoms with Gasteiger partial charge in [-0.1, -0.05) is 0 Å². The maximum absolute atomic E-state index is 13.0. The van der Waals surface area contributed by atoms with Gasteiger partial charge in [-0.05, 0) is 56.0 Å². The highest BCUT2D eigenvalue weighted by atomic mass is 32.1. The second-order valence-electron chi connectivity index (χ2n) is 6.98. The third-order valence-electron chi connectivity index (χ3n) is 5.22. The fourth-order valence-electron chi connectivity index (χ4n) is 3.79. The molecular formula is C19H24N4OS. The Hall–Kier alpha value is -1.95. The van der Waals surface area contributed by atoms with E-state index >= 15 is 0 Å². The fraction of sp³-hybridized carbons (Fsp3) is 0.526. The van der Waals surface area contributed by atoms with Crippen molar-refractivity contribution in [2.75, 3.05) is 31.1 Å². The maximum Gasteiger partial charge on any atom is 0.264 e. The average Bonchev–Trinajstić information content (AvgIpc) is 3.07. The number of amides is 1. The molecule has 25 heavy (non-hydrogen) atoms. The van der Waals surface area contributed by atoms with E-state index in [0.29, 0.717) is 0 Å². The van der Waals surface area contributed by atoms with Crippen LogP contribution in [0, 0.1) is 13.8 Å². The second-order valence-corrected chi connectivity index (χ2v) is 7.86. The molecule has 0 aromatic carbocycles. The minimum Gasteiger partial charge on any atom is -0.352 e. The number of hydrogen-bond donors (Lipinski definition) is 0. The van der Waals surface area contributed by atoms with Gasteiger partial charge in [0.2, 0.25) is 0 Å².